The molecule has 50 valence electrons. The van der Waals surface area contributed by atoms with Gasteiger partial charge in [0, 0.05) is 6.20 Å². The van der Waals surface area contributed by atoms with Crippen LogP contribution in [0.1, 0.15) is 5.01 Å². The van der Waals surface area contributed by atoms with Gasteiger partial charge in [-0.05, 0) is 0 Å². The van der Waals surface area contributed by atoms with Crippen LogP contribution in [0.25, 0.3) is 0 Å². The number of hydrogen-bond donors (Lipinski definition) is 2. The quantitative estimate of drug-likeness (QED) is 0.492. The van der Waals surface area contributed by atoms with E-state index in [0.717, 1.165) is 11.3 Å². The molecule has 4 nitrogen and oxygen atoms in total. The molecule has 0 saturated carbocycles. The summed E-state index contributed by atoms with van der Waals surface area (Å²) in [4.78, 5) is 3.59. The van der Waals surface area contributed by atoms with Crippen molar-refractivity contribution in [2.45, 2.75) is 0 Å². The maximum absolute atomic E-state index is 8.55. The molecule has 0 amide bonds. The monoisotopic (exact) mass is 154 g/mol. The fraction of sp³-hybridized carbons (Fsp3) is 0. The van der Waals surface area contributed by atoms with E-state index in [4.69, 9.17) is 15.3 Å². The first kappa shape index (κ1) is 7.21. The highest BCUT2D eigenvalue weighted by atomic mass is 32.1. The van der Waals surface area contributed by atoms with E-state index >= 15 is 0 Å². The highest BCUT2D eigenvalue weighted by Crippen LogP contribution is 1.98. The van der Waals surface area contributed by atoms with Crippen LogP contribution < -0.4 is 4.78 Å². The molecular formula is C4H3BN2O2S. The average molecular weight is 154 g/mol. The summed E-state index contributed by atoms with van der Waals surface area (Å²) in [6.07, 6.45) is 1.27. The Hall–Kier alpha value is -0.895. The van der Waals surface area contributed by atoms with Crippen molar-refractivity contribution in [2.75, 3.05) is 0 Å². The molecule has 0 fully saturated rings. The maximum atomic E-state index is 8.55. The highest BCUT2D eigenvalue weighted by molar-refractivity contribution is 7.22. The zero-order chi connectivity index (χ0) is 7.56. The molecular weight excluding hydrogens is 151 g/mol. The normalized spacial score (nSPS) is 8.90. The lowest BCUT2D eigenvalue weighted by Crippen LogP contribution is -2.26. The predicted octanol–water partition coefficient (Wildman–Crippen LogP) is -1.31. The van der Waals surface area contributed by atoms with Crippen LogP contribution in [0.2, 0.25) is 0 Å². The van der Waals surface area contributed by atoms with Crippen LogP contribution in [-0.2, 0) is 0 Å². The van der Waals surface area contributed by atoms with Gasteiger partial charge >= 0.3 is 7.12 Å². The molecule has 0 radical (unpaired) electrons. The largest absolute Gasteiger partial charge is 0.500 e. The molecule has 0 spiro atoms. The van der Waals surface area contributed by atoms with E-state index in [1.54, 1.807) is 6.07 Å². The minimum absolute atomic E-state index is 0.239. The second-order valence-corrected chi connectivity index (χ2v) is 2.62. The number of aromatic nitrogens is 1. The smallest absolute Gasteiger partial charge is 0.423 e. The summed E-state index contributed by atoms with van der Waals surface area (Å²) in [6, 6.07) is 1.79. The third-order valence-electron chi connectivity index (χ3n) is 0.874. The minimum Gasteiger partial charge on any atom is -0.423 e. The molecule has 2 N–H and O–H groups in total. The molecule has 0 aliphatic carbocycles. The first-order valence-electron chi connectivity index (χ1n) is 2.46. The van der Waals surface area contributed by atoms with Gasteiger partial charge in [0.25, 0.3) is 0 Å². The lowest BCUT2D eigenvalue weighted by atomic mass is 9.91. The van der Waals surface area contributed by atoms with Crippen molar-refractivity contribution in [3.05, 3.63) is 11.2 Å². The first-order chi connectivity index (χ1) is 4.74. The standard InChI is InChI=1S/C4H3BN2O2S/c6-1-4-7-2-3(10-4)5(8)9/h2,8-9H. The zero-order valence-electron chi connectivity index (χ0n) is 4.85. The van der Waals surface area contributed by atoms with Gasteiger partial charge in [-0.2, -0.15) is 5.26 Å². The van der Waals surface area contributed by atoms with E-state index in [-0.39, 0.29) is 9.78 Å². The minimum atomic E-state index is -1.51. The highest BCUT2D eigenvalue weighted by Gasteiger charge is 2.14. The van der Waals surface area contributed by atoms with Gasteiger partial charge in [-0.3, -0.25) is 0 Å². The molecule has 0 atom stereocenters. The molecule has 10 heavy (non-hydrogen) atoms. The fourth-order valence-electron chi connectivity index (χ4n) is 0.458. The number of hydrogen-bond acceptors (Lipinski definition) is 5. The van der Waals surface area contributed by atoms with E-state index in [0.29, 0.717) is 0 Å². The van der Waals surface area contributed by atoms with Crippen LogP contribution in [0, 0.1) is 11.3 Å². The molecule has 0 aliphatic heterocycles. The molecule has 0 bridgehead atoms. The van der Waals surface area contributed by atoms with Crippen LogP contribution in [0.15, 0.2) is 6.20 Å². The van der Waals surface area contributed by atoms with Crippen molar-refractivity contribution in [1.82, 2.24) is 4.98 Å². The topological polar surface area (TPSA) is 77.1 Å². The number of nitriles is 1. The number of thiazole rings is 1. The van der Waals surface area contributed by atoms with Gasteiger partial charge in [0.1, 0.15) is 6.07 Å². The van der Waals surface area contributed by atoms with Gasteiger partial charge in [0.05, 0.1) is 4.78 Å². The van der Waals surface area contributed by atoms with Gasteiger partial charge < -0.3 is 10.0 Å². The summed E-state index contributed by atoms with van der Waals surface area (Å²) in [5.74, 6) is 0. The molecule has 1 aromatic rings. The van der Waals surface area contributed by atoms with Crippen molar-refractivity contribution in [2.24, 2.45) is 0 Å². The summed E-state index contributed by atoms with van der Waals surface area (Å²) < 4.78 is 0.288. The first-order valence-corrected chi connectivity index (χ1v) is 3.27. The molecule has 6 heteroatoms. The van der Waals surface area contributed by atoms with Crippen LogP contribution in [0.3, 0.4) is 0 Å². The summed E-state index contributed by atoms with van der Waals surface area (Å²) in [7, 11) is -1.51. The van der Waals surface area contributed by atoms with Crippen LogP contribution in [-0.4, -0.2) is 22.2 Å². The second kappa shape index (κ2) is 2.79. The molecule has 0 aromatic carbocycles. The van der Waals surface area contributed by atoms with Crippen molar-refractivity contribution < 1.29 is 10.0 Å². The molecule has 1 aromatic heterocycles. The Morgan fingerprint density at radius 2 is 2.40 bits per heavy atom. The predicted molar refractivity (Wildman–Crippen MR) is 36.7 cm³/mol. The fourth-order valence-corrected chi connectivity index (χ4v) is 1.04. The van der Waals surface area contributed by atoms with Crippen LogP contribution in [0.5, 0.6) is 0 Å². The van der Waals surface area contributed by atoms with Crippen molar-refractivity contribution in [3.8, 4) is 6.07 Å². The van der Waals surface area contributed by atoms with E-state index in [1.165, 1.54) is 6.20 Å². The van der Waals surface area contributed by atoms with Gasteiger partial charge in [0.15, 0.2) is 5.01 Å². The van der Waals surface area contributed by atoms with E-state index in [1.807, 2.05) is 0 Å². The Bertz CT molecular complexity index is 266. The Kier molecular flexibility index (Phi) is 2.01. The summed E-state index contributed by atoms with van der Waals surface area (Å²) >= 11 is 0.969. The van der Waals surface area contributed by atoms with Gasteiger partial charge in [-0.25, -0.2) is 4.98 Å². The number of rotatable bonds is 1. The average Bonchev–Trinajstić information content (AvgIpc) is 2.34. The zero-order valence-corrected chi connectivity index (χ0v) is 5.67. The van der Waals surface area contributed by atoms with Gasteiger partial charge in [-0.1, -0.05) is 0 Å². The summed E-state index contributed by atoms with van der Waals surface area (Å²) in [5.41, 5.74) is 0. The van der Waals surface area contributed by atoms with E-state index in [9.17, 15) is 0 Å². The van der Waals surface area contributed by atoms with Crippen molar-refractivity contribution >= 4 is 23.2 Å². The van der Waals surface area contributed by atoms with Crippen molar-refractivity contribution in [1.29, 1.82) is 5.26 Å². The third-order valence-corrected chi connectivity index (χ3v) is 1.82. The number of nitrogens with zero attached hydrogens (tertiary/aromatic N) is 2. The molecule has 1 heterocycles. The third kappa shape index (κ3) is 1.33. The maximum Gasteiger partial charge on any atom is 0.500 e. The molecule has 0 unspecified atom stereocenters. The van der Waals surface area contributed by atoms with Crippen LogP contribution >= 0.6 is 11.3 Å². The second-order valence-electron chi connectivity index (χ2n) is 1.55. The SMILES string of the molecule is N#Cc1ncc(B(O)O)s1. The summed E-state index contributed by atoms with van der Waals surface area (Å²) in [6.45, 7) is 0. The van der Waals surface area contributed by atoms with Gasteiger partial charge in [-0.15, -0.1) is 11.3 Å². The van der Waals surface area contributed by atoms with Crippen molar-refractivity contribution in [3.63, 3.8) is 0 Å². The van der Waals surface area contributed by atoms with E-state index < -0.39 is 7.12 Å². The van der Waals surface area contributed by atoms with Crippen LogP contribution in [0.4, 0.5) is 0 Å². The Morgan fingerprint density at radius 1 is 1.70 bits per heavy atom. The Morgan fingerprint density at radius 3 is 2.70 bits per heavy atom. The Labute approximate surface area is 61.5 Å². The lowest BCUT2D eigenvalue weighted by Gasteiger charge is -1.86. The summed E-state index contributed by atoms with van der Waals surface area (Å²) in [5, 5.41) is 25.6. The molecule has 1 rings (SSSR count). The Balaban J connectivity index is 2.91. The van der Waals surface area contributed by atoms with Gasteiger partial charge in [0.2, 0.25) is 0 Å². The molecule has 0 aliphatic rings. The lowest BCUT2D eigenvalue weighted by molar-refractivity contribution is 0.427. The molecule has 0 saturated heterocycles. The van der Waals surface area contributed by atoms with E-state index in [2.05, 4.69) is 4.98 Å².